The molecule has 12 rings (SSSR count). The van der Waals surface area contributed by atoms with Gasteiger partial charge in [-0.1, -0.05) is 127 Å². The molecule has 1 aliphatic carbocycles. The molecule has 0 aliphatic heterocycles. The lowest BCUT2D eigenvalue weighted by atomic mass is 9.94. The van der Waals surface area contributed by atoms with Gasteiger partial charge in [-0.3, -0.25) is 0 Å². The van der Waals surface area contributed by atoms with E-state index in [1.54, 1.807) is 0 Å². The predicted molar refractivity (Wildman–Crippen MR) is 234 cm³/mol. The second-order valence-electron chi connectivity index (χ2n) is 14.7. The third kappa shape index (κ3) is 4.94. The summed E-state index contributed by atoms with van der Waals surface area (Å²) in [6.07, 6.45) is 4.15. The number of hydrogen-bond acceptors (Lipinski definition) is 5. The number of benzene rings is 8. The minimum Gasteiger partial charge on any atom is -0.456 e. The predicted octanol–water partition coefficient (Wildman–Crippen LogP) is 13.9. The zero-order valence-electron chi connectivity index (χ0n) is 30.2. The van der Waals surface area contributed by atoms with Crippen molar-refractivity contribution in [1.82, 2.24) is 15.0 Å². The standard InChI is InChI=1S/C51H31N3OS/c1-2-10-31(11-3-1)49-52-50(35-21-26-47-42(29-35)40-13-6-7-16-46(40)56-47)54-51(53-49)41-14-8-15-45-48(41)43-28-33(20-25-44(43)55-45)32-18-22-37-34(27-32)19-24-38-36-12-5-4-9-30(36)17-23-39(37)38/h1-20,22-25,27-29H,21,26H2. The molecule has 0 radical (unpaired) electrons. The van der Waals surface area contributed by atoms with Crippen LogP contribution in [0.15, 0.2) is 162 Å². The molecule has 3 aromatic heterocycles. The van der Waals surface area contributed by atoms with Crippen LogP contribution in [0, 0.1) is 0 Å². The monoisotopic (exact) mass is 733 g/mol. The zero-order valence-corrected chi connectivity index (χ0v) is 31.0. The van der Waals surface area contributed by atoms with Crippen molar-refractivity contribution in [2.75, 3.05) is 0 Å². The van der Waals surface area contributed by atoms with Gasteiger partial charge in [0.05, 0.1) is 0 Å². The van der Waals surface area contributed by atoms with Crippen LogP contribution >= 0.6 is 11.3 Å². The summed E-state index contributed by atoms with van der Waals surface area (Å²) in [5, 5.41) is 10.9. The molecule has 56 heavy (non-hydrogen) atoms. The van der Waals surface area contributed by atoms with Crippen LogP contribution in [0.2, 0.25) is 0 Å². The Morgan fingerprint density at radius 3 is 2.07 bits per heavy atom. The maximum absolute atomic E-state index is 6.51. The lowest BCUT2D eigenvalue weighted by Crippen LogP contribution is -2.05. The van der Waals surface area contributed by atoms with Crippen molar-refractivity contribution in [2.45, 2.75) is 12.8 Å². The SMILES string of the molecule is C1=C(c2nc(-c3ccccc3)nc(-c3cccc4oc5ccc(-c6ccc7c(ccc8c9ccccc9ccc78)c6)cc5c34)n2)CCc2sc3ccccc3c21. The van der Waals surface area contributed by atoms with E-state index in [0.29, 0.717) is 11.6 Å². The van der Waals surface area contributed by atoms with Crippen LogP contribution in [0.4, 0.5) is 0 Å². The molecule has 1 aliphatic rings. The summed E-state index contributed by atoms with van der Waals surface area (Å²) >= 11 is 1.89. The molecule has 0 fully saturated rings. The van der Waals surface area contributed by atoms with Crippen LogP contribution in [0.5, 0.6) is 0 Å². The lowest BCUT2D eigenvalue weighted by molar-refractivity contribution is 0.669. The molecular weight excluding hydrogens is 703 g/mol. The lowest BCUT2D eigenvalue weighted by Gasteiger charge is -2.15. The molecule has 8 aromatic carbocycles. The molecule has 0 amide bonds. The van der Waals surface area contributed by atoms with Gasteiger partial charge in [-0.05, 0) is 109 Å². The number of allylic oxidation sites excluding steroid dienone is 1. The van der Waals surface area contributed by atoms with Crippen LogP contribution in [0.3, 0.4) is 0 Å². The van der Waals surface area contributed by atoms with E-state index in [2.05, 4.69) is 133 Å². The normalized spacial score (nSPS) is 13.0. The number of furan rings is 1. The van der Waals surface area contributed by atoms with E-state index >= 15 is 0 Å². The Morgan fingerprint density at radius 2 is 1.16 bits per heavy atom. The summed E-state index contributed by atoms with van der Waals surface area (Å²) in [7, 11) is 0. The van der Waals surface area contributed by atoms with E-state index in [-0.39, 0.29) is 0 Å². The number of thiophene rings is 1. The van der Waals surface area contributed by atoms with Crippen LogP contribution in [-0.4, -0.2) is 15.0 Å². The first kappa shape index (κ1) is 31.4. The van der Waals surface area contributed by atoms with E-state index in [9.17, 15) is 0 Å². The van der Waals surface area contributed by atoms with Gasteiger partial charge in [-0.25, -0.2) is 15.0 Å². The molecule has 0 bridgehead atoms. The molecule has 0 unspecified atom stereocenters. The van der Waals surface area contributed by atoms with Gasteiger partial charge in [0.25, 0.3) is 0 Å². The van der Waals surface area contributed by atoms with Crippen molar-refractivity contribution < 1.29 is 4.42 Å². The molecular formula is C51H31N3OS. The Morgan fingerprint density at radius 1 is 0.446 bits per heavy atom. The average molecular weight is 734 g/mol. The van der Waals surface area contributed by atoms with Crippen molar-refractivity contribution in [3.63, 3.8) is 0 Å². The maximum Gasteiger partial charge on any atom is 0.164 e. The minimum absolute atomic E-state index is 0.638. The highest BCUT2D eigenvalue weighted by molar-refractivity contribution is 7.19. The van der Waals surface area contributed by atoms with Crippen LogP contribution in [-0.2, 0) is 6.42 Å². The zero-order chi connectivity index (χ0) is 36.7. The molecule has 0 spiro atoms. The number of fused-ring (bicyclic) bond motifs is 11. The first-order valence-corrected chi connectivity index (χ1v) is 19.9. The van der Waals surface area contributed by atoms with Crippen LogP contribution in [0.25, 0.3) is 110 Å². The van der Waals surface area contributed by atoms with Gasteiger partial charge in [0, 0.05) is 31.5 Å². The summed E-state index contributed by atoms with van der Waals surface area (Å²) in [5.74, 6) is 2.02. The second-order valence-corrected chi connectivity index (χ2v) is 15.8. The fourth-order valence-electron chi connectivity index (χ4n) is 8.69. The third-order valence-corrected chi connectivity index (χ3v) is 12.7. The summed E-state index contributed by atoms with van der Waals surface area (Å²) in [6.45, 7) is 0. The quantitative estimate of drug-likeness (QED) is 0.169. The molecule has 0 N–H and O–H groups in total. The van der Waals surface area contributed by atoms with Crippen molar-refractivity contribution in [2.24, 2.45) is 0 Å². The minimum atomic E-state index is 0.638. The molecule has 3 heterocycles. The Kier molecular flexibility index (Phi) is 6.89. The fraction of sp³-hybridized carbons (Fsp3) is 0.0392. The molecule has 11 aromatic rings. The largest absolute Gasteiger partial charge is 0.456 e. The topological polar surface area (TPSA) is 51.8 Å². The van der Waals surface area contributed by atoms with E-state index in [4.69, 9.17) is 19.4 Å². The van der Waals surface area contributed by atoms with E-state index in [1.165, 1.54) is 52.8 Å². The molecule has 0 saturated carbocycles. The summed E-state index contributed by atoms with van der Waals surface area (Å²) < 4.78 is 7.83. The van der Waals surface area contributed by atoms with Gasteiger partial charge in [-0.2, -0.15) is 0 Å². The Bertz CT molecular complexity index is 3430. The number of nitrogens with zero attached hydrogens (tertiary/aromatic N) is 3. The maximum atomic E-state index is 6.51. The highest BCUT2D eigenvalue weighted by Crippen LogP contribution is 2.42. The number of aryl methyl sites for hydroxylation is 1. The second kappa shape index (κ2) is 12.3. The number of aromatic nitrogens is 3. The highest BCUT2D eigenvalue weighted by atomic mass is 32.1. The first-order chi connectivity index (χ1) is 27.7. The van der Waals surface area contributed by atoms with Crippen molar-refractivity contribution >= 4 is 87.3 Å². The number of rotatable bonds is 4. The van der Waals surface area contributed by atoms with Crippen molar-refractivity contribution in [3.05, 3.63) is 174 Å². The average Bonchev–Trinajstić information content (AvgIpc) is 3.84. The van der Waals surface area contributed by atoms with Crippen LogP contribution < -0.4 is 0 Å². The smallest absolute Gasteiger partial charge is 0.164 e. The summed E-state index contributed by atoms with van der Waals surface area (Å²) in [5.41, 5.74) is 8.23. The van der Waals surface area contributed by atoms with Crippen LogP contribution in [0.1, 0.15) is 22.7 Å². The van der Waals surface area contributed by atoms with Gasteiger partial charge in [0.2, 0.25) is 0 Å². The Balaban J connectivity index is 1.01. The molecule has 4 nitrogen and oxygen atoms in total. The third-order valence-electron chi connectivity index (χ3n) is 11.4. The van der Waals surface area contributed by atoms with E-state index in [1.807, 2.05) is 41.7 Å². The molecule has 262 valence electrons. The summed E-state index contributed by atoms with van der Waals surface area (Å²) in [4.78, 5) is 17.0. The summed E-state index contributed by atoms with van der Waals surface area (Å²) in [6, 6.07) is 56.0. The number of hydrogen-bond donors (Lipinski definition) is 0. The first-order valence-electron chi connectivity index (χ1n) is 19.0. The van der Waals surface area contributed by atoms with Gasteiger partial charge in [-0.15, -0.1) is 11.3 Å². The van der Waals surface area contributed by atoms with E-state index in [0.717, 1.165) is 68.4 Å². The molecule has 0 saturated heterocycles. The fourth-order valence-corrected chi connectivity index (χ4v) is 9.87. The Hall–Kier alpha value is -6.95. The van der Waals surface area contributed by atoms with Gasteiger partial charge in [0.1, 0.15) is 11.2 Å². The van der Waals surface area contributed by atoms with Gasteiger partial charge >= 0.3 is 0 Å². The molecule has 0 atom stereocenters. The van der Waals surface area contributed by atoms with Gasteiger partial charge in [0.15, 0.2) is 17.5 Å². The molecule has 5 heteroatoms. The van der Waals surface area contributed by atoms with Gasteiger partial charge < -0.3 is 4.42 Å². The van der Waals surface area contributed by atoms with E-state index < -0.39 is 0 Å². The van der Waals surface area contributed by atoms with Crippen molar-refractivity contribution in [3.8, 4) is 33.9 Å². The van der Waals surface area contributed by atoms with Crippen molar-refractivity contribution in [1.29, 1.82) is 0 Å². The Labute approximate surface area is 326 Å². The highest BCUT2D eigenvalue weighted by Gasteiger charge is 2.22.